The molecule has 1 heterocycles. The van der Waals surface area contributed by atoms with Crippen LogP contribution >= 0.6 is 11.6 Å². The van der Waals surface area contributed by atoms with E-state index < -0.39 is 0 Å². The Hall–Kier alpha value is -2.86. The quantitative estimate of drug-likeness (QED) is 0.727. The van der Waals surface area contributed by atoms with E-state index in [-0.39, 0.29) is 12.5 Å². The summed E-state index contributed by atoms with van der Waals surface area (Å²) in [5, 5.41) is 7.20. The van der Waals surface area contributed by atoms with E-state index in [1.54, 1.807) is 42.5 Å². The third-order valence-electron chi connectivity index (χ3n) is 3.37. The summed E-state index contributed by atoms with van der Waals surface area (Å²) in [5.41, 5.74) is 1.26. The average molecular weight is 358 g/mol. The maximum Gasteiger partial charge on any atom is 0.258 e. The lowest BCUT2D eigenvalue weighted by Crippen LogP contribution is -2.23. The van der Waals surface area contributed by atoms with E-state index >= 15 is 0 Å². The molecule has 1 N–H and O–H groups in total. The minimum atomic E-state index is -0.225. The molecule has 0 aliphatic heterocycles. The third kappa shape index (κ3) is 4.36. The Morgan fingerprint density at radius 3 is 2.76 bits per heavy atom. The molecule has 0 radical (unpaired) electrons. The first-order chi connectivity index (χ1) is 12.2. The highest BCUT2D eigenvalue weighted by Gasteiger charge is 2.11. The Morgan fingerprint density at radius 1 is 1.24 bits per heavy atom. The van der Waals surface area contributed by atoms with Gasteiger partial charge in [-0.15, -0.1) is 0 Å². The molecule has 0 spiro atoms. The fraction of sp³-hybridized carbons (Fsp3) is 0.167. The van der Waals surface area contributed by atoms with E-state index in [4.69, 9.17) is 20.9 Å². The fourth-order valence-electron chi connectivity index (χ4n) is 2.20. The van der Waals surface area contributed by atoms with Crippen LogP contribution < -0.4 is 10.1 Å². The Kier molecular flexibility index (Phi) is 5.30. The number of rotatable bonds is 6. The number of amides is 1. The lowest BCUT2D eigenvalue weighted by Gasteiger charge is -2.05. The van der Waals surface area contributed by atoms with Gasteiger partial charge in [0.2, 0.25) is 0 Å². The van der Waals surface area contributed by atoms with Gasteiger partial charge in [-0.25, -0.2) is 0 Å². The minimum Gasteiger partial charge on any atom is -0.494 e. The summed E-state index contributed by atoms with van der Waals surface area (Å²) in [4.78, 5) is 16.4. The van der Waals surface area contributed by atoms with Gasteiger partial charge in [-0.3, -0.25) is 4.79 Å². The number of ether oxygens (including phenoxy) is 1. The number of hydrogen-bond donors (Lipinski definition) is 1. The van der Waals surface area contributed by atoms with E-state index in [1.165, 1.54) is 0 Å². The third-order valence-corrected chi connectivity index (χ3v) is 3.61. The molecule has 0 atom stereocenters. The zero-order valence-corrected chi connectivity index (χ0v) is 14.3. The molecule has 3 rings (SSSR count). The molecule has 1 aromatic heterocycles. The van der Waals surface area contributed by atoms with Crippen molar-refractivity contribution < 1.29 is 14.1 Å². The van der Waals surface area contributed by atoms with E-state index in [2.05, 4.69) is 15.5 Å². The lowest BCUT2D eigenvalue weighted by atomic mass is 10.2. The predicted octanol–water partition coefficient (Wildman–Crippen LogP) is 3.72. The van der Waals surface area contributed by atoms with Crippen LogP contribution in [0, 0.1) is 0 Å². The normalized spacial score (nSPS) is 10.5. The molecular formula is C18H16ClN3O3. The van der Waals surface area contributed by atoms with Gasteiger partial charge in [0.25, 0.3) is 11.8 Å². The van der Waals surface area contributed by atoms with Crippen LogP contribution in [0.3, 0.4) is 0 Å². The Balaban J connectivity index is 1.61. The molecule has 2 aromatic carbocycles. The van der Waals surface area contributed by atoms with Crippen LogP contribution in [0.1, 0.15) is 23.1 Å². The monoisotopic (exact) mass is 357 g/mol. The molecule has 7 heteroatoms. The van der Waals surface area contributed by atoms with Gasteiger partial charge >= 0.3 is 0 Å². The predicted molar refractivity (Wildman–Crippen MR) is 93.5 cm³/mol. The number of carbonyl (C=O) groups excluding carboxylic acids is 1. The largest absolute Gasteiger partial charge is 0.494 e. The summed E-state index contributed by atoms with van der Waals surface area (Å²) >= 11 is 5.95. The maximum absolute atomic E-state index is 12.2. The summed E-state index contributed by atoms with van der Waals surface area (Å²) in [7, 11) is 0. The molecule has 0 unspecified atom stereocenters. The first-order valence-electron chi connectivity index (χ1n) is 7.75. The van der Waals surface area contributed by atoms with Crippen molar-refractivity contribution in [3.05, 3.63) is 64.9 Å². The van der Waals surface area contributed by atoms with Crippen LogP contribution in [0.25, 0.3) is 11.5 Å². The van der Waals surface area contributed by atoms with Gasteiger partial charge in [-0.2, -0.15) is 4.98 Å². The molecule has 0 aliphatic rings. The molecule has 0 aliphatic carbocycles. The molecule has 1 amide bonds. The summed E-state index contributed by atoms with van der Waals surface area (Å²) in [5.74, 6) is 1.24. The first-order valence-corrected chi connectivity index (χ1v) is 8.13. The van der Waals surface area contributed by atoms with Crippen molar-refractivity contribution >= 4 is 17.5 Å². The van der Waals surface area contributed by atoms with Crippen molar-refractivity contribution in [1.82, 2.24) is 15.5 Å². The number of hydrogen-bond acceptors (Lipinski definition) is 5. The number of halogens is 1. The molecule has 0 saturated heterocycles. The molecule has 0 saturated carbocycles. The SMILES string of the molecule is CCOc1ccc(C(=O)NCc2noc(-c3cccc(Cl)c3)n2)cc1. The van der Waals surface area contributed by atoms with Gasteiger partial charge in [0, 0.05) is 16.1 Å². The van der Waals surface area contributed by atoms with Crippen LogP contribution in [0.5, 0.6) is 5.75 Å². The van der Waals surface area contributed by atoms with Crippen molar-refractivity contribution in [3.8, 4) is 17.2 Å². The van der Waals surface area contributed by atoms with Crippen molar-refractivity contribution in [2.45, 2.75) is 13.5 Å². The van der Waals surface area contributed by atoms with Gasteiger partial charge in [0.05, 0.1) is 13.2 Å². The van der Waals surface area contributed by atoms with Crippen molar-refractivity contribution in [1.29, 1.82) is 0 Å². The number of nitrogens with one attached hydrogen (secondary N) is 1. The zero-order valence-electron chi connectivity index (χ0n) is 13.5. The van der Waals surface area contributed by atoms with Crippen molar-refractivity contribution in [3.63, 3.8) is 0 Å². The molecular weight excluding hydrogens is 342 g/mol. The molecule has 0 fully saturated rings. The van der Waals surface area contributed by atoms with Gasteiger partial charge in [0.15, 0.2) is 5.82 Å². The van der Waals surface area contributed by atoms with Gasteiger partial charge < -0.3 is 14.6 Å². The zero-order chi connectivity index (χ0) is 17.6. The van der Waals surface area contributed by atoms with Gasteiger partial charge in [-0.05, 0) is 49.4 Å². The summed E-state index contributed by atoms with van der Waals surface area (Å²) in [6.45, 7) is 2.65. The Morgan fingerprint density at radius 2 is 2.04 bits per heavy atom. The second-order valence-corrected chi connectivity index (χ2v) is 5.60. The second-order valence-electron chi connectivity index (χ2n) is 5.17. The lowest BCUT2D eigenvalue weighted by molar-refractivity contribution is 0.0949. The highest BCUT2D eigenvalue weighted by Crippen LogP contribution is 2.20. The summed E-state index contributed by atoms with van der Waals surface area (Å²) in [6.07, 6.45) is 0. The molecule has 0 bridgehead atoms. The number of benzene rings is 2. The smallest absolute Gasteiger partial charge is 0.258 e. The second kappa shape index (κ2) is 7.81. The van der Waals surface area contributed by atoms with Crippen LogP contribution in [0.4, 0.5) is 0 Å². The van der Waals surface area contributed by atoms with Crippen molar-refractivity contribution in [2.24, 2.45) is 0 Å². The summed E-state index contributed by atoms with van der Waals surface area (Å²) < 4.78 is 10.5. The Labute approximate surface area is 149 Å². The van der Waals surface area contributed by atoms with E-state index in [0.717, 1.165) is 11.3 Å². The highest BCUT2D eigenvalue weighted by atomic mass is 35.5. The maximum atomic E-state index is 12.2. The van der Waals surface area contributed by atoms with Crippen LogP contribution in [-0.4, -0.2) is 22.7 Å². The highest BCUT2D eigenvalue weighted by molar-refractivity contribution is 6.30. The molecule has 25 heavy (non-hydrogen) atoms. The van der Waals surface area contributed by atoms with Gasteiger partial charge in [-0.1, -0.05) is 22.8 Å². The van der Waals surface area contributed by atoms with Crippen LogP contribution in [-0.2, 0) is 6.54 Å². The van der Waals surface area contributed by atoms with Crippen LogP contribution in [0.15, 0.2) is 53.1 Å². The van der Waals surface area contributed by atoms with Crippen LogP contribution in [0.2, 0.25) is 5.02 Å². The number of nitrogens with zero attached hydrogens (tertiary/aromatic N) is 2. The standard InChI is InChI=1S/C18H16ClN3O3/c1-2-24-15-8-6-12(7-9-15)17(23)20-11-16-21-18(25-22-16)13-4-3-5-14(19)10-13/h3-10H,2,11H2,1H3,(H,20,23). The number of carbonyl (C=O) groups is 1. The van der Waals surface area contributed by atoms with Crippen molar-refractivity contribution in [2.75, 3.05) is 6.61 Å². The average Bonchev–Trinajstić information content (AvgIpc) is 3.10. The fourth-order valence-corrected chi connectivity index (χ4v) is 2.39. The molecule has 128 valence electrons. The number of aromatic nitrogens is 2. The van der Waals surface area contributed by atoms with E-state index in [1.807, 2.05) is 13.0 Å². The van der Waals surface area contributed by atoms with E-state index in [0.29, 0.717) is 28.9 Å². The van der Waals surface area contributed by atoms with E-state index in [9.17, 15) is 4.79 Å². The topological polar surface area (TPSA) is 77.2 Å². The first kappa shape index (κ1) is 17.0. The minimum absolute atomic E-state index is 0.163. The molecule has 6 nitrogen and oxygen atoms in total. The molecule has 3 aromatic rings. The van der Waals surface area contributed by atoms with Gasteiger partial charge in [0.1, 0.15) is 5.75 Å². The Bertz CT molecular complexity index is 862. The summed E-state index contributed by atoms with van der Waals surface area (Å²) in [6, 6.07) is 14.0.